The van der Waals surface area contributed by atoms with Gasteiger partial charge in [-0.1, -0.05) is 12.1 Å². The molecule has 1 aliphatic heterocycles. The first-order valence-corrected chi connectivity index (χ1v) is 11.2. The summed E-state index contributed by atoms with van der Waals surface area (Å²) in [5.74, 6) is -0.405. The Morgan fingerprint density at radius 1 is 1.07 bits per heavy atom. The summed E-state index contributed by atoms with van der Waals surface area (Å²) in [6.45, 7) is 12.3. The minimum absolute atomic E-state index is 0.293. The fraction of sp³-hybridized carbons (Fsp3) is 0.600. The quantitative estimate of drug-likeness (QED) is 0.765. The standard InChI is InChI=1S/C20H32N4O4S/c1-14-7-8-15(2)17(13-14)29(27,28)24-11-9-23(10-12-24)16(3)18(25)21-19(26)22-20(4,5)6/h7-8,13,16H,9-12H2,1-6H3,(H2,21,22,25,26)/t16-/m0/s1. The van der Waals surface area contributed by atoms with Crippen LogP contribution in [0.25, 0.3) is 0 Å². The summed E-state index contributed by atoms with van der Waals surface area (Å²) in [5, 5.41) is 5.04. The van der Waals surface area contributed by atoms with Crippen LogP contribution in [0, 0.1) is 13.8 Å². The molecule has 1 heterocycles. The van der Waals surface area contributed by atoms with E-state index in [1.807, 2.05) is 44.7 Å². The summed E-state index contributed by atoms with van der Waals surface area (Å²) in [6, 6.07) is 4.33. The van der Waals surface area contributed by atoms with Crippen LogP contribution >= 0.6 is 0 Å². The highest BCUT2D eigenvalue weighted by molar-refractivity contribution is 7.89. The summed E-state index contributed by atoms with van der Waals surface area (Å²) in [4.78, 5) is 26.5. The minimum Gasteiger partial charge on any atom is -0.333 e. The molecule has 0 saturated carbocycles. The van der Waals surface area contributed by atoms with E-state index in [1.165, 1.54) is 4.31 Å². The van der Waals surface area contributed by atoms with Crippen molar-refractivity contribution in [3.05, 3.63) is 29.3 Å². The van der Waals surface area contributed by atoms with E-state index in [4.69, 9.17) is 0 Å². The van der Waals surface area contributed by atoms with Crippen LogP contribution in [0.3, 0.4) is 0 Å². The van der Waals surface area contributed by atoms with Gasteiger partial charge in [-0.25, -0.2) is 13.2 Å². The van der Waals surface area contributed by atoms with Crippen molar-refractivity contribution in [1.29, 1.82) is 0 Å². The van der Waals surface area contributed by atoms with Crippen LogP contribution in [-0.2, 0) is 14.8 Å². The third-order valence-corrected chi connectivity index (χ3v) is 6.93. The monoisotopic (exact) mass is 424 g/mol. The lowest BCUT2D eigenvalue weighted by Crippen LogP contribution is -2.57. The number of hydrogen-bond acceptors (Lipinski definition) is 5. The molecule has 1 atom stereocenters. The van der Waals surface area contributed by atoms with Gasteiger partial charge in [-0.2, -0.15) is 4.31 Å². The maximum absolute atomic E-state index is 13.0. The van der Waals surface area contributed by atoms with Gasteiger partial charge in [-0.15, -0.1) is 0 Å². The van der Waals surface area contributed by atoms with E-state index in [0.717, 1.165) is 11.1 Å². The van der Waals surface area contributed by atoms with Gasteiger partial charge >= 0.3 is 6.03 Å². The van der Waals surface area contributed by atoms with E-state index >= 15 is 0 Å². The molecular weight excluding hydrogens is 392 g/mol. The van der Waals surface area contributed by atoms with E-state index in [2.05, 4.69) is 10.6 Å². The van der Waals surface area contributed by atoms with Crippen LogP contribution in [0.5, 0.6) is 0 Å². The number of amides is 3. The number of carbonyl (C=O) groups excluding carboxylic acids is 2. The van der Waals surface area contributed by atoms with E-state index in [0.29, 0.717) is 31.1 Å². The number of imide groups is 1. The lowest BCUT2D eigenvalue weighted by Gasteiger charge is -2.37. The zero-order valence-electron chi connectivity index (χ0n) is 18.1. The second kappa shape index (κ2) is 8.81. The van der Waals surface area contributed by atoms with Gasteiger partial charge in [0.05, 0.1) is 10.9 Å². The first-order chi connectivity index (χ1) is 13.3. The molecule has 0 unspecified atom stereocenters. The highest BCUT2D eigenvalue weighted by atomic mass is 32.2. The Morgan fingerprint density at radius 3 is 2.21 bits per heavy atom. The molecular formula is C20H32N4O4S. The fourth-order valence-electron chi connectivity index (χ4n) is 3.21. The van der Waals surface area contributed by atoms with Crippen molar-refractivity contribution in [2.45, 2.75) is 58.0 Å². The van der Waals surface area contributed by atoms with Gasteiger partial charge in [-0.05, 0) is 58.7 Å². The molecule has 0 aromatic heterocycles. The number of sulfonamides is 1. The number of hydrogen-bond donors (Lipinski definition) is 2. The molecule has 8 nitrogen and oxygen atoms in total. The maximum atomic E-state index is 13.0. The predicted molar refractivity (Wildman–Crippen MR) is 112 cm³/mol. The van der Waals surface area contributed by atoms with Crippen molar-refractivity contribution in [2.75, 3.05) is 26.2 Å². The lowest BCUT2D eigenvalue weighted by atomic mass is 10.1. The smallest absolute Gasteiger partial charge is 0.321 e. The molecule has 1 fully saturated rings. The fourth-order valence-corrected chi connectivity index (χ4v) is 4.94. The normalized spacial score (nSPS) is 17.6. The molecule has 0 aliphatic carbocycles. The minimum atomic E-state index is -3.58. The van der Waals surface area contributed by atoms with Crippen molar-refractivity contribution in [3.8, 4) is 0 Å². The first-order valence-electron chi connectivity index (χ1n) is 9.76. The average molecular weight is 425 g/mol. The highest BCUT2D eigenvalue weighted by Gasteiger charge is 2.33. The molecule has 9 heteroatoms. The van der Waals surface area contributed by atoms with Gasteiger partial charge in [0.2, 0.25) is 15.9 Å². The predicted octanol–water partition coefficient (Wildman–Crippen LogP) is 1.62. The summed E-state index contributed by atoms with van der Waals surface area (Å²) in [7, 11) is -3.58. The lowest BCUT2D eigenvalue weighted by molar-refractivity contribution is -0.125. The molecule has 2 rings (SSSR count). The second-order valence-electron chi connectivity index (χ2n) is 8.58. The Labute approximate surface area is 173 Å². The van der Waals surface area contributed by atoms with Crippen molar-refractivity contribution in [1.82, 2.24) is 19.8 Å². The van der Waals surface area contributed by atoms with Gasteiger partial charge in [-0.3, -0.25) is 15.0 Å². The number of piperazine rings is 1. The van der Waals surface area contributed by atoms with Crippen LogP contribution in [-0.4, -0.2) is 67.3 Å². The zero-order chi connectivity index (χ0) is 22.0. The molecule has 0 spiro atoms. The van der Waals surface area contributed by atoms with Crippen LogP contribution < -0.4 is 10.6 Å². The molecule has 1 aromatic carbocycles. The molecule has 1 aliphatic rings. The Bertz CT molecular complexity index is 869. The average Bonchev–Trinajstić information content (AvgIpc) is 2.61. The Balaban J connectivity index is 1.98. The SMILES string of the molecule is Cc1ccc(C)c(S(=O)(=O)N2CCN([C@@H](C)C(=O)NC(=O)NC(C)(C)C)CC2)c1. The highest BCUT2D eigenvalue weighted by Crippen LogP contribution is 2.22. The van der Waals surface area contributed by atoms with Gasteiger partial charge in [0.15, 0.2) is 0 Å². The van der Waals surface area contributed by atoms with Crippen molar-refractivity contribution in [3.63, 3.8) is 0 Å². The molecule has 0 bridgehead atoms. The number of aryl methyl sites for hydroxylation is 2. The number of nitrogens with zero attached hydrogens (tertiary/aromatic N) is 2. The molecule has 0 radical (unpaired) electrons. The van der Waals surface area contributed by atoms with Gasteiger partial charge in [0.1, 0.15) is 0 Å². The van der Waals surface area contributed by atoms with Crippen molar-refractivity contribution >= 4 is 22.0 Å². The molecule has 3 amide bonds. The second-order valence-corrected chi connectivity index (χ2v) is 10.5. The van der Waals surface area contributed by atoms with Crippen LogP contribution in [0.1, 0.15) is 38.8 Å². The number of urea groups is 1. The largest absolute Gasteiger partial charge is 0.333 e. The van der Waals surface area contributed by atoms with E-state index in [1.54, 1.807) is 19.9 Å². The van der Waals surface area contributed by atoms with Gasteiger partial charge in [0, 0.05) is 31.7 Å². The Hall–Kier alpha value is -1.97. The number of rotatable bonds is 4. The Kier molecular flexibility index (Phi) is 7.08. The third kappa shape index (κ3) is 6.01. The number of nitrogens with one attached hydrogen (secondary N) is 2. The third-order valence-electron chi connectivity index (χ3n) is 4.89. The van der Waals surface area contributed by atoms with Crippen LogP contribution in [0.2, 0.25) is 0 Å². The molecule has 1 saturated heterocycles. The van der Waals surface area contributed by atoms with Gasteiger partial charge < -0.3 is 5.32 Å². The van der Waals surface area contributed by atoms with Crippen LogP contribution in [0.15, 0.2) is 23.1 Å². The van der Waals surface area contributed by atoms with Crippen molar-refractivity contribution in [2.24, 2.45) is 0 Å². The topological polar surface area (TPSA) is 98.8 Å². The van der Waals surface area contributed by atoms with E-state index < -0.39 is 33.5 Å². The van der Waals surface area contributed by atoms with Crippen molar-refractivity contribution < 1.29 is 18.0 Å². The zero-order valence-corrected chi connectivity index (χ0v) is 18.9. The summed E-state index contributed by atoms with van der Waals surface area (Å²) in [6.07, 6.45) is 0. The maximum Gasteiger partial charge on any atom is 0.321 e. The first kappa shape index (κ1) is 23.3. The number of carbonyl (C=O) groups is 2. The van der Waals surface area contributed by atoms with E-state index in [-0.39, 0.29) is 0 Å². The Morgan fingerprint density at radius 2 is 1.66 bits per heavy atom. The van der Waals surface area contributed by atoms with Gasteiger partial charge in [0.25, 0.3) is 0 Å². The summed E-state index contributed by atoms with van der Waals surface area (Å²) < 4.78 is 27.5. The van der Waals surface area contributed by atoms with E-state index in [9.17, 15) is 18.0 Å². The van der Waals surface area contributed by atoms with Crippen LogP contribution in [0.4, 0.5) is 4.79 Å². The summed E-state index contributed by atoms with van der Waals surface area (Å²) in [5.41, 5.74) is 1.17. The molecule has 162 valence electrons. The number of benzene rings is 1. The molecule has 2 N–H and O–H groups in total. The molecule has 1 aromatic rings. The summed E-state index contributed by atoms with van der Waals surface area (Å²) >= 11 is 0. The molecule has 29 heavy (non-hydrogen) atoms.